The maximum Gasteiger partial charge on any atom is 0.252 e. The first-order valence-corrected chi connectivity index (χ1v) is 31.7. The van der Waals surface area contributed by atoms with Crippen LogP contribution in [-0.4, -0.2) is 11.3 Å². The molecule has 92 heavy (non-hydrogen) atoms. The molecule has 0 bridgehead atoms. The molecule has 5 heteroatoms. The summed E-state index contributed by atoms with van der Waals surface area (Å²) in [5.74, 6) is 0. The molecule has 0 saturated carbocycles. The van der Waals surface area contributed by atoms with Gasteiger partial charge in [0.1, 0.15) is 0 Å². The van der Waals surface area contributed by atoms with Gasteiger partial charge in [-0.05, 0) is 131 Å². The molecule has 0 radical (unpaired) electrons. The number of para-hydroxylation sites is 3. The van der Waals surface area contributed by atoms with Crippen molar-refractivity contribution in [2.75, 3.05) is 9.80 Å². The van der Waals surface area contributed by atoms with Gasteiger partial charge in [0.2, 0.25) is 0 Å². The minimum Gasteiger partial charge on any atom is -0.310 e. The second kappa shape index (κ2) is 22.1. The predicted octanol–water partition coefficient (Wildman–Crippen LogP) is 22.0. The molecule has 1 aromatic heterocycles. The Hall–Kier alpha value is -11.2. The number of fused-ring (bicyclic) bond motifs is 7. The van der Waals surface area contributed by atoms with Crippen LogP contribution in [0.1, 0.15) is 58.2 Å². The Bertz CT molecular complexity index is 5140. The van der Waals surface area contributed by atoms with Gasteiger partial charge in [0, 0.05) is 50.4 Å². The zero-order valence-electron chi connectivity index (χ0n) is 56.3. The standard InChI is InChI=1S/C87H67BN4/c1-86(2,3)65-36-22-34-61(50-65)63-44-47-75-79(52-63)91(84-69(57-26-12-8-13-27-57)39-24-40-70(84)58-28-14-9-15-29-58)81-55-68(90-77-43-21-20-38-73(77)74-54-67(89-7)46-49-78(74)90)56-82-83(81)88(75)76-48-45-64(62-35-23-37-66(51-62)87(4,5)6)53-80(76)92(82)85-71(59-30-16-10-17-31-59)41-25-42-72(85)60-32-18-11-19-33-60/h8-56H,1-6H3/i20D,21D,38D,43D. The number of nitrogens with zero attached hydrogens (tertiary/aromatic N) is 4. The molecule has 438 valence electrons. The quantitative estimate of drug-likeness (QED) is 0.106. The number of anilines is 6. The Morgan fingerprint density at radius 1 is 0.359 bits per heavy atom. The van der Waals surface area contributed by atoms with Gasteiger partial charge in [0.05, 0.1) is 40.2 Å². The normalized spacial score (nSPS) is 13.2. The molecule has 0 unspecified atom stereocenters. The van der Waals surface area contributed by atoms with Crippen molar-refractivity contribution in [3.8, 4) is 72.4 Å². The predicted molar refractivity (Wildman–Crippen MR) is 391 cm³/mol. The molecule has 0 N–H and O–H groups in total. The maximum atomic E-state index is 10.0. The largest absolute Gasteiger partial charge is 0.310 e. The summed E-state index contributed by atoms with van der Waals surface area (Å²) in [4.78, 5) is 8.93. The van der Waals surface area contributed by atoms with Gasteiger partial charge in [-0.3, -0.25) is 0 Å². The maximum absolute atomic E-state index is 10.0. The molecule has 14 aromatic rings. The van der Waals surface area contributed by atoms with Crippen LogP contribution >= 0.6 is 0 Å². The highest BCUT2D eigenvalue weighted by Gasteiger charge is 2.46. The van der Waals surface area contributed by atoms with Gasteiger partial charge in [0.15, 0.2) is 5.69 Å². The van der Waals surface area contributed by atoms with E-state index in [2.05, 4.69) is 311 Å². The average molecular weight is 1180 g/mol. The van der Waals surface area contributed by atoms with Crippen molar-refractivity contribution in [1.82, 2.24) is 4.57 Å². The van der Waals surface area contributed by atoms with Gasteiger partial charge in [-0.25, -0.2) is 4.85 Å². The first-order valence-electron chi connectivity index (χ1n) is 33.7. The summed E-state index contributed by atoms with van der Waals surface area (Å²) in [5, 5.41) is 0.908. The molecule has 0 fully saturated rings. The Morgan fingerprint density at radius 2 is 0.761 bits per heavy atom. The summed E-state index contributed by atoms with van der Waals surface area (Å²) in [5.41, 5.74) is 25.9. The number of rotatable bonds is 9. The third-order valence-electron chi connectivity index (χ3n) is 18.8. The van der Waals surface area contributed by atoms with E-state index in [0.717, 1.165) is 117 Å². The van der Waals surface area contributed by atoms with E-state index in [1.807, 2.05) is 10.6 Å². The lowest BCUT2D eigenvalue weighted by molar-refractivity contribution is 0.590. The molecule has 4 nitrogen and oxygen atoms in total. The summed E-state index contributed by atoms with van der Waals surface area (Å²) in [7, 11) is 0. The van der Waals surface area contributed by atoms with Crippen molar-refractivity contribution in [2.45, 2.75) is 52.4 Å². The van der Waals surface area contributed by atoms with E-state index in [-0.39, 0.29) is 41.7 Å². The topological polar surface area (TPSA) is 15.8 Å². The Balaban J connectivity index is 1.13. The molecule has 2 aliphatic heterocycles. The zero-order chi connectivity index (χ0) is 65.9. The summed E-state index contributed by atoms with van der Waals surface area (Å²) >= 11 is 0. The van der Waals surface area contributed by atoms with E-state index in [9.17, 15) is 5.48 Å². The van der Waals surface area contributed by atoms with Crippen LogP contribution in [0.3, 0.4) is 0 Å². The van der Waals surface area contributed by atoms with Crippen LogP contribution in [-0.2, 0) is 10.8 Å². The van der Waals surface area contributed by atoms with Crippen LogP contribution in [0.4, 0.5) is 39.8 Å². The van der Waals surface area contributed by atoms with Crippen LogP contribution < -0.4 is 26.2 Å². The molecule has 3 heterocycles. The third-order valence-corrected chi connectivity index (χ3v) is 18.8. The Labute approximate surface area is 546 Å². The molecule has 13 aromatic carbocycles. The minimum atomic E-state index is -0.365. The van der Waals surface area contributed by atoms with Gasteiger partial charge in [0.25, 0.3) is 6.71 Å². The fourth-order valence-corrected chi connectivity index (χ4v) is 14.3. The number of hydrogen-bond acceptors (Lipinski definition) is 2. The summed E-state index contributed by atoms with van der Waals surface area (Å²) in [6, 6.07) is 97.2. The first kappa shape index (κ1) is 51.7. The summed E-state index contributed by atoms with van der Waals surface area (Å²) in [6.45, 7) is 21.5. The van der Waals surface area contributed by atoms with Crippen LogP contribution in [0.15, 0.2) is 297 Å². The van der Waals surface area contributed by atoms with Crippen LogP contribution in [0, 0.1) is 6.57 Å². The lowest BCUT2D eigenvalue weighted by Crippen LogP contribution is -2.61. The highest BCUT2D eigenvalue weighted by atomic mass is 15.2. The molecular formula is C87H67BN4. The molecule has 0 amide bonds. The summed E-state index contributed by atoms with van der Waals surface area (Å²) in [6.07, 6.45) is 0. The zero-order valence-corrected chi connectivity index (χ0v) is 52.3. The van der Waals surface area contributed by atoms with E-state index in [1.165, 1.54) is 11.1 Å². The monoisotopic (exact) mass is 1180 g/mol. The van der Waals surface area contributed by atoms with Crippen molar-refractivity contribution in [1.29, 1.82) is 0 Å². The SMILES string of the molecule is [2H]c1c([2H])c([2H])c2c(c1[2H])c1cc([N+]#[C-])ccc1n2-c1cc2c3c(c1)N(c1c(-c4ccccc4)cccc1-c1ccccc1)c1cc(-c4cccc(C(C)(C)C)c4)ccc1B3c1ccc(-c3cccc(C(C)(C)C)c3)cc1N2c1c(-c2ccccc2)cccc1-c1ccccc1. The van der Waals surface area contributed by atoms with Crippen molar-refractivity contribution in [3.63, 3.8) is 0 Å². The van der Waals surface area contributed by atoms with Crippen molar-refractivity contribution < 1.29 is 5.48 Å². The van der Waals surface area contributed by atoms with Gasteiger partial charge in [-0.2, -0.15) is 0 Å². The Morgan fingerprint density at radius 3 is 1.18 bits per heavy atom. The van der Waals surface area contributed by atoms with Gasteiger partial charge in [-0.1, -0.05) is 296 Å². The van der Waals surface area contributed by atoms with E-state index >= 15 is 0 Å². The summed E-state index contributed by atoms with van der Waals surface area (Å²) < 4.78 is 40.4. The van der Waals surface area contributed by atoms with Gasteiger partial charge < -0.3 is 14.4 Å². The van der Waals surface area contributed by atoms with E-state index in [0.29, 0.717) is 33.2 Å². The number of hydrogen-bond donors (Lipinski definition) is 0. The van der Waals surface area contributed by atoms with Crippen LogP contribution in [0.2, 0.25) is 0 Å². The molecule has 16 rings (SSSR count). The van der Waals surface area contributed by atoms with Gasteiger partial charge >= 0.3 is 0 Å². The first-order chi connectivity index (χ1) is 46.5. The Kier molecular flexibility index (Phi) is 12.4. The molecule has 0 atom stereocenters. The average Bonchev–Trinajstić information content (AvgIpc) is 0.914. The molecular weight excluding hydrogens is 1110 g/mol. The number of aromatic nitrogens is 1. The molecule has 2 aliphatic rings. The smallest absolute Gasteiger partial charge is 0.252 e. The van der Waals surface area contributed by atoms with Crippen molar-refractivity contribution >= 4 is 84.7 Å². The lowest BCUT2D eigenvalue weighted by Gasteiger charge is -2.46. The third kappa shape index (κ3) is 9.44. The lowest BCUT2D eigenvalue weighted by atomic mass is 9.33. The number of benzene rings is 13. The fraction of sp³-hybridized carbons (Fsp3) is 0.0920. The van der Waals surface area contributed by atoms with Gasteiger partial charge in [-0.15, -0.1) is 0 Å². The van der Waals surface area contributed by atoms with Crippen LogP contribution in [0.25, 0.3) is 99.1 Å². The second-order valence-electron chi connectivity index (χ2n) is 26.5. The molecule has 0 spiro atoms. The fourth-order valence-electron chi connectivity index (χ4n) is 14.3. The minimum absolute atomic E-state index is 0.113. The molecule has 0 aliphatic carbocycles. The highest BCUT2D eigenvalue weighted by molar-refractivity contribution is 7.00. The van der Waals surface area contributed by atoms with E-state index in [1.54, 1.807) is 12.1 Å². The second-order valence-corrected chi connectivity index (χ2v) is 26.5. The van der Waals surface area contributed by atoms with E-state index in [4.69, 9.17) is 6.57 Å². The highest BCUT2D eigenvalue weighted by Crippen LogP contribution is 2.54. The van der Waals surface area contributed by atoms with Crippen LogP contribution in [0.5, 0.6) is 0 Å². The van der Waals surface area contributed by atoms with Crippen molar-refractivity contribution in [2.24, 2.45) is 0 Å². The van der Waals surface area contributed by atoms with Crippen molar-refractivity contribution in [3.05, 3.63) is 320 Å². The molecule has 0 saturated heterocycles. The van der Waals surface area contributed by atoms with E-state index < -0.39 is 0 Å².